The third-order valence-corrected chi connectivity index (χ3v) is 5.83. The van der Waals surface area contributed by atoms with E-state index in [0.29, 0.717) is 22.0 Å². The fourth-order valence-electron chi connectivity index (χ4n) is 3.93. The molecule has 8 heteroatoms. The van der Waals surface area contributed by atoms with Gasteiger partial charge in [-0.3, -0.25) is 4.79 Å². The van der Waals surface area contributed by atoms with Crippen LogP contribution in [0, 0.1) is 6.92 Å². The van der Waals surface area contributed by atoms with Gasteiger partial charge >= 0.3 is 0 Å². The zero-order valence-electron chi connectivity index (χ0n) is 16.8. The molecule has 0 radical (unpaired) electrons. The second kappa shape index (κ2) is 7.76. The summed E-state index contributed by atoms with van der Waals surface area (Å²) >= 11 is 6.54. The zero-order valence-corrected chi connectivity index (χ0v) is 17.6. The monoisotopic (exact) mass is 437 g/mol. The van der Waals surface area contributed by atoms with E-state index in [1.54, 1.807) is 19.1 Å². The molecule has 2 aliphatic heterocycles. The number of aromatic nitrogens is 1. The molecule has 5 rings (SSSR count). The summed E-state index contributed by atoms with van der Waals surface area (Å²) in [5.74, 6) is -0.106. The van der Waals surface area contributed by atoms with Crippen LogP contribution >= 0.6 is 11.6 Å². The molecule has 158 valence electrons. The Labute approximate surface area is 183 Å². The van der Waals surface area contributed by atoms with E-state index in [1.165, 1.54) is 0 Å². The number of aliphatic hydroxyl groups excluding tert-OH is 1. The molecule has 2 N–H and O–H groups in total. The lowest BCUT2D eigenvalue weighted by atomic mass is 9.98. The van der Waals surface area contributed by atoms with Crippen molar-refractivity contribution >= 4 is 40.2 Å². The fourth-order valence-corrected chi connectivity index (χ4v) is 4.20. The molecule has 0 spiro atoms. The number of morpholine rings is 1. The molecule has 1 amide bonds. The maximum atomic E-state index is 12.6. The molecule has 0 aliphatic carbocycles. The van der Waals surface area contributed by atoms with Crippen LogP contribution in [-0.2, 0) is 9.53 Å². The summed E-state index contributed by atoms with van der Waals surface area (Å²) in [6.07, 6.45) is 0. The van der Waals surface area contributed by atoms with Gasteiger partial charge in [-0.25, -0.2) is 0 Å². The molecular weight excluding hydrogens is 418 g/mol. The van der Waals surface area contributed by atoms with Crippen LogP contribution < -0.4 is 10.2 Å². The van der Waals surface area contributed by atoms with E-state index in [9.17, 15) is 9.90 Å². The maximum absolute atomic E-state index is 12.6. The van der Waals surface area contributed by atoms with Gasteiger partial charge in [0, 0.05) is 36.0 Å². The number of carbonyl (C=O) groups excluding carboxylic acids is 1. The minimum atomic E-state index is -0.413. The fraction of sp³-hybridized carbons (Fsp3) is 0.217. The van der Waals surface area contributed by atoms with Crippen LogP contribution in [0.25, 0.3) is 22.5 Å². The lowest BCUT2D eigenvalue weighted by Crippen LogP contribution is -2.36. The first-order valence-electron chi connectivity index (χ1n) is 9.96. The Morgan fingerprint density at radius 3 is 2.55 bits per heavy atom. The van der Waals surface area contributed by atoms with Crippen molar-refractivity contribution < 1.29 is 19.2 Å². The summed E-state index contributed by atoms with van der Waals surface area (Å²) in [6, 6.07) is 13.2. The smallest absolute Gasteiger partial charge is 0.260 e. The molecule has 3 aromatic rings. The van der Waals surface area contributed by atoms with Crippen LogP contribution in [0.4, 0.5) is 11.4 Å². The normalized spacial score (nSPS) is 17.5. The first-order chi connectivity index (χ1) is 15.0. The molecule has 3 heterocycles. The minimum absolute atomic E-state index is 0.145. The highest BCUT2D eigenvalue weighted by Crippen LogP contribution is 2.42. The van der Waals surface area contributed by atoms with E-state index in [4.69, 9.17) is 20.9 Å². The maximum Gasteiger partial charge on any atom is 0.260 e. The van der Waals surface area contributed by atoms with Gasteiger partial charge in [-0.1, -0.05) is 28.9 Å². The van der Waals surface area contributed by atoms with Crippen LogP contribution in [0.15, 0.2) is 47.0 Å². The van der Waals surface area contributed by atoms with Crippen molar-refractivity contribution in [1.29, 1.82) is 0 Å². The summed E-state index contributed by atoms with van der Waals surface area (Å²) in [5.41, 5.74) is 4.28. The predicted octanol–water partition coefficient (Wildman–Crippen LogP) is 4.52. The third-order valence-electron chi connectivity index (χ3n) is 5.51. The van der Waals surface area contributed by atoms with E-state index >= 15 is 0 Å². The molecule has 31 heavy (non-hydrogen) atoms. The van der Waals surface area contributed by atoms with Crippen LogP contribution in [0.3, 0.4) is 0 Å². The number of fused-ring (bicyclic) bond motifs is 1. The van der Waals surface area contributed by atoms with E-state index in [0.717, 1.165) is 43.1 Å². The zero-order chi connectivity index (χ0) is 21.5. The number of nitrogens with zero attached hydrogens (tertiary/aromatic N) is 2. The number of ether oxygens (including phenoxy) is 1. The number of anilines is 2. The summed E-state index contributed by atoms with van der Waals surface area (Å²) < 4.78 is 10.4. The Morgan fingerprint density at radius 2 is 1.87 bits per heavy atom. The van der Waals surface area contributed by atoms with E-state index in [2.05, 4.69) is 27.5 Å². The van der Waals surface area contributed by atoms with Crippen molar-refractivity contribution in [3.63, 3.8) is 0 Å². The minimum Gasteiger partial charge on any atom is -0.505 e. The second-order valence-corrected chi connectivity index (χ2v) is 7.93. The molecule has 2 aromatic carbocycles. The number of rotatable bonds is 3. The van der Waals surface area contributed by atoms with Crippen molar-refractivity contribution in [2.75, 3.05) is 36.5 Å². The Balaban J connectivity index is 1.54. The average Bonchev–Trinajstić information content (AvgIpc) is 3.35. The number of amides is 1. The van der Waals surface area contributed by atoms with E-state index < -0.39 is 5.91 Å². The van der Waals surface area contributed by atoms with Crippen molar-refractivity contribution in [2.45, 2.75) is 6.92 Å². The SMILES string of the molecule is Cc1cc(C(O)=C2C(=O)Nc3cc(Cl)c(-c4ccc(N5CCOCC5)cc4)cc32)no1. The third kappa shape index (κ3) is 3.56. The molecule has 2 aliphatic rings. The topological polar surface area (TPSA) is 87.8 Å². The highest BCUT2D eigenvalue weighted by molar-refractivity contribution is 6.38. The van der Waals surface area contributed by atoms with Crippen molar-refractivity contribution in [2.24, 2.45) is 0 Å². The molecule has 0 unspecified atom stereocenters. The molecule has 0 bridgehead atoms. The van der Waals surface area contributed by atoms with Crippen molar-refractivity contribution in [1.82, 2.24) is 5.16 Å². The number of aliphatic hydroxyl groups is 1. The lowest BCUT2D eigenvalue weighted by molar-refractivity contribution is -0.110. The summed E-state index contributed by atoms with van der Waals surface area (Å²) in [4.78, 5) is 14.9. The van der Waals surface area contributed by atoms with Gasteiger partial charge < -0.3 is 24.6 Å². The highest BCUT2D eigenvalue weighted by Gasteiger charge is 2.30. The van der Waals surface area contributed by atoms with Gasteiger partial charge in [0.2, 0.25) is 0 Å². The number of halogens is 1. The molecule has 1 fully saturated rings. The summed E-state index contributed by atoms with van der Waals surface area (Å²) in [7, 11) is 0. The Morgan fingerprint density at radius 1 is 1.13 bits per heavy atom. The largest absolute Gasteiger partial charge is 0.505 e. The van der Waals surface area contributed by atoms with Gasteiger partial charge in [-0.2, -0.15) is 0 Å². The quantitative estimate of drug-likeness (QED) is 0.462. The number of nitrogens with one attached hydrogen (secondary N) is 1. The Bertz CT molecular complexity index is 1190. The van der Waals surface area contributed by atoms with Crippen LogP contribution in [0.2, 0.25) is 5.02 Å². The number of aryl methyl sites for hydroxylation is 1. The first-order valence-corrected chi connectivity index (χ1v) is 10.3. The standard InChI is InChI=1S/C23H20ClN3O4/c1-13-10-20(26-31-13)22(28)21-17-11-16(18(24)12-19(17)25-23(21)29)14-2-4-15(5-3-14)27-6-8-30-9-7-27/h2-5,10-12,28H,6-9H2,1H3,(H,25,29). The Hall–Kier alpha value is -3.29. The Kier molecular flexibility index (Phi) is 4.92. The van der Waals surface area contributed by atoms with Gasteiger partial charge in [0.05, 0.1) is 29.5 Å². The molecule has 1 aromatic heterocycles. The molecule has 0 saturated carbocycles. The van der Waals surface area contributed by atoms with Crippen LogP contribution in [-0.4, -0.2) is 42.5 Å². The van der Waals surface area contributed by atoms with E-state index in [1.807, 2.05) is 18.2 Å². The second-order valence-electron chi connectivity index (χ2n) is 7.52. The summed E-state index contributed by atoms with van der Waals surface area (Å²) in [6.45, 7) is 4.89. The van der Waals surface area contributed by atoms with Gasteiger partial charge in [-0.05, 0) is 36.8 Å². The number of benzene rings is 2. The van der Waals surface area contributed by atoms with Gasteiger partial charge in [-0.15, -0.1) is 0 Å². The van der Waals surface area contributed by atoms with E-state index in [-0.39, 0.29) is 17.0 Å². The number of carbonyl (C=O) groups is 1. The molecular formula is C23H20ClN3O4. The predicted molar refractivity (Wildman–Crippen MR) is 119 cm³/mol. The van der Waals surface area contributed by atoms with Crippen LogP contribution in [0.5, 0.6) is 0 Å². The van der Waals surface area contributed by atoms with Crippen molar-refractivity contribution in [3.8, 4) is 11.1 Å². The average molecular weight is 438 g/mol. The summed E-state index contributed by atoms with van der Waals surface area (Å²) in [5, 5.41) is 17.8. The highest BCUT2D eigenvalue weighted by atomic mass is 35.5. The van der Waals surface area contributed by atoms with Gasteiger partial charge in [0.15, 0.2) is 5.76 Å². The molecule has 7 nitrogen and oxygen atoms in total. The lowest BCUT2D eigenvalue weighted by Gasteiger charge is -2.29. The number of hydrogen-bond donors (Lipinski definition) is 2. The van der Waals surface area contributed by atoms with Crippen LogP contribution in [0.1, 0.15) is 17.0 Å². The first kappa shape index (κ1) is 19.7. The molecule has 0 atom stereocenters. The molecule has 1 saturated heterocycles. The van der Waals surface area contributed by atoms with Gasteiger partial charge in [0.25, 0.3) is 5.91 Å². The van der Waals surface area contributed by atoms with Crippen molar-refractivity contribution in [3.05, 3.63) is 64.5 Å². The number of hydrogen-bond acceptors (Lipinski definition) is 6. The van der Waals surface area contributed by atoms with Gasteiger partial charge in [0.1, 0.15) is 11.5 Å².